The Hall–Kier alpha value is -2.02. The molecule has 1 aliphatic rings. The summed E-state index contributed by atoms with van der Waals surface area (Å²) in [5.74, 6) is 0.569. The summed E-state index contributed by atoms with van der Waals surface area (Å²) in [6.45, 7) is 2.52. The van der Waals surface area contributed by atoms with Crippen molar-refractivity contribution in [2.45, 2.75) is 51.0 Å². The third kappa shape index (κ3) is 3.98. The third-order valence-electron chi connectivity index (χ3n) is 3.95. The fraction of sp³-hybridized carbons (Fsp3) is 0.529. The summed E-state index contributed by atoms with van der Waals surface area (Å²) in [6, 6.07) is 9.37. The van der Waals surface area contributed by atoms with E-state index >= 15 is 0 Å². The lowest BCUT2D eigenvalue weighted by Gasteiger charge is -2.26. The molecule has 1 aliphatic carbocycles. The van der Waals surface area contributed by atoms with E-state index in [1.165, 1.54) is 0 Å². The highest BCUT2D eigenvalue weighted by Crippen LogP contribution is 2.27. The highest BCUT2D eigenvalue weighted by Gasteiger charge is 2.32. The van der Waals surface area contributed by atoms with Crippen molar-refractivity contribution in [2.24, 2.45) is 0 Å². The average Bonchev–Trinajstić information content (AvgIpc) is 2.74. The van der Waals surface area contributed by atoms with Gasteiger partial charge in [0.05, 0.1) is 12.7 Å². The quantitative estimate of drug-likeness (QED) is 0.862. The lowest BCUT2D eigenvalue weighted by molar-refractivity contribution is 0.0913. The number of carbonyl (C=O) groups is 1. The minimum atomic E-state index is -0.702. The van der Waals surface area contributed by atoms with Crippen LogP contribution < -0.4 is 10.1 Å². The molecule has 0 atom stereocenters. The van der Waals surface area contributed by atoms with E-state index in [2.05, 4.69) is 11.4 Å². The van der Waals surface area contributed by atoms with Crippen molar-refractivity contribution in [3.63, 3.8) is 0 Å². The second-order valence-electron chi connectivity index (χ2n) is 5.52. The molecule has 0 heterocycles. The molecule has 1 N–H and O–H groups in total. The van der Waals surface area contributed by atoms with Crippen LogP contribution in [0.2, 0.25) is 0 Å². The maximum Gasteiger partial charge on any atom is 0.252 e. The van der Waals surface area contributed by atoms with E-state index in [4.69, 9.17) is 4.74 Å². The molecule has 1 amide bonds. The van der Waals surface area contributed by atoms with Gasteiger partial charge < -0.3 is 10.1 Å². The molecule has 0 aliphatic heterocycles. The van der Waals surface area contributed by atoms with Gasteiger partial charge in [-0.2, -0.15) is 5.26 Å². The van der Waals surface area contributed by atoms with E-state index in [1.54, 1.807) is 24.3 Å². The second-order valence-corrected chi connectivity index (χ2v) is 5.52. The zero-order valence-corrected chi connectivity index (χ0v) is 12.5. The SMILES string of the molecule is CCOc1ccc(C(=O)NC2(C#N)CCCCCC2)cc1. The lowest BCUT2D eigenvalue weighted by atomic mass is 9.91. The van der Waals surface area contributed by atoms with Crippen molar-refractivity contribution in [1.29, 1.82) is 5.26 Å². The van der Waals surface area contributed by atoms with E-state index in [-0.39, 0.29) is 5.91 Å². The van der Waals surface area contributed by atoms with E-state index in [0.717, 1.165) is 44.3 Å². The second kappa shape index (κ2) is 7.12. The Morgan fingerprint density at radius 3 is 2.38 bits per heavy atom. The van der Waals surface area contributed by atoms with Crippen LogP contribution in [0.15, 0.2) is 24.3 Å². The summed E-state index contributed by atoms with van der Waals surface area (Å²) < 4.78 is 5.36. The summed E-state index contributed by atoms with van der Waals surface area (Å²) in [6.07, 6.45) is 5.76. The Morgan fingerprint density at radius 2 is 1.86 bits per heavy atom. The molecule has 0 saturated heterocycles. The Bertz CT molecular complexity index is 509. The number of ether oxygens (including phenoxy) is 1. The number of amides is 1. The minimum absolute atomic E-state index is 0.179. The van der Waals surface area contributed by atoms with Crippen LogP contribution in [0.3, 0.4) is 0 Å². The van der Waals surface area contributed by atoms with Gasteiger partial charge in [-0.15, -0.1) is 0 Å². The molecule has 0 radical (unpaired) electrons. The molecule has 1 aromatic carbocycles. The number of hydrogen-bond acceptors (Lipinski definition) is 3. The van der Waals surface area contributed by atoms with Crippen LogP contribution in [-0.2, 0) is 0 Å². The summed E-state index contributed by atoms with van der Waals surface area (Å²) in [4.78, 5) is 12.4. The first-order valence-corrected chi connectivity index (χ1v) is 7.66. The zero-order chi connectivity index (χ0) is 15.1. The standard InChI is InChI=1S/C17H22N2O2/c1-2-21-15-9-7-14(8-10-15)16(20)19-17(13-18)11-5-3-4-6-12-17/h7-10H,2-6,11-12H2,1H3,(H,19,20). The summed E-state index contributed by atoms with van der Waals surface area (Å²) >= 11 is 0. The number of nitrogens with zero attached hydrogens (tertiary/aromatic N) is 1. The maximum absolute atomic E-state index is 12.4. The number of carbonyl (C=O) groups excluding carboxylic acids is 1. The largest absolute Gasteiger partial charge is 0.494 e. The smallest absolute Gasteiger partial charge is 0.252 e. The zero-order valence-electron chi connectivity index (χ0n) is 12.5. The summed E-state index contributed by atoms with van der Waals surface area (Å²) in [7, 11) is 0. The van der Waals surface area contributed by atoms with Crippen molar-refractivity contribution in [3.8, 4) is 11.8 Å². The lowest BCUT2D eigenvalue weighted by Crippen LogP contribution is -2.47. The van der Waals surface area contributed by atoms with Crippen LogP contribution in [0.25, 0.3) is 0 Å². The third-order valence-corrected chi connectivity index (χ3v) is 3.95. The number of rotatable bonds is 4. The molecule has 2 rings (SSSR count). The molecule has 4 nitrogen and oxygen atoms in total. The highest BCUT2D eigenvalue weighted by molar-refractivity contribution is 5.95. The average molecular weight is 286 g/mol. The van der Waals surface area contributed by atoms with Gasteiger partial charge in [0.25, 0.3) is 5.91 Å². The van der Waals surface area contributed by atoms with Gasteiger partial charge in [-0.1, -0.05) is 25.7 Å². The topological polar surface area (TPSA) is 62.1 Å². The van der Waals surface area contributed by atoms with Gasteiger partial charge >= 0.3 is 0 Å². The number of nitriles is 1. The molecule has 0 bridgehead atoms. The van der Waals surface area contributed by atoms with Crippen LogP contribution in [0, 0.1) is 11.3 Å². The van der Waals surface area contributed by atoms with Crippen molar-refractivity contribution >= 4 is 5.91 Å². The first kappa shape index (κ1) is 15.4. The highest BCUT2D eigenvalue weighted by atomic mass is 16.5. The Morgan fingerprint density at radius 1 is 1.24 bits per heavy atom. The summed E-state index contributed by atoms with van der Waals surface area (Å²) in [5.41, 5.74) is -0.135. The molecule has 112 valence electrons. The van der Waals surface area contributed by atoms with Crippen molar-refractivity contribution in [1.82, 2.24) is 5.32 Å². The van der Waals surface area contributed by atoms with Crippen molar-refractivity contribution in [3.05, 3.63) is 29.8 Å². The van der Waals surface area contributed by atoms with Gasteiger partial charge in [-0.25, -0.2) is 0 Å². The fourth-order valence-corrected chi connectivity index (χ4v) is 2.76. The predicted molar refractivity (Wildman–Crippen MR) is 81.1 cm³/mol. The van der Waals surface area contributed by atoms with Crippen LogP contribution in [0.4, 0.5) is 0 Å². The van der Waals surface area contributed by atoms with Crippen LogP contribution in [0.5, 0.6) is 5.75 Å². The molecule has 1 aromatic rings. The maximum atomic E-state index is 12.4. The Balaban J connectivity index is 2.06. The van der Waals surface area contributed by atoms with Crippen molar-refractivity contribution in [2.75, 3.05) is 6.61 Å². The Labute approximate surface area is 126 Å². The number of benzene rings is 1. The fourth-order valence-electron chi connectivity index (χ4n) is 2.76. The van der Waals surface area contributed by atoms with Gasteiger partial charge in [0.2, 0.25) is 0 Å². The van der Waals surface area contributed by atoms with Crippen LogP contribution >= 0.6 is 0 Å². The molecule has 21 heavy (non-hydrogen) atoms. The van der Waals surface area contributed by atoms with Crippen LogP contribution in [0.1, 0.15) is 55.8 Å². The monoisotopic (exact) mass is 286 g/mol. The molecule has 1 fully saturated rings. The number of hydrogen-bond donors (Lipinski definition) is 1. The van der Waals surface area contributed by atoms with E-state index in [1.807, 2.05) is 6.92 Å². The number of nitrogens with one attached hydrogen (secondary N) is 1. The molecule has 1 saturated carbocycles. The van der Waals surface area contributed by atoms with Crippen molar-refractivity contribution < 1.29 is 9.53 Å². The van der Waals surface area contributed by atoms with Gasteiger partial charge in [-0.05, 0) is 44.0 Å². The molecular formula is C17H22N2O2. The van der Waals surface area contributed by atoms with Gasteiger partial charge in [0.1, 0.15) is 11.3 Å². The van der Waals surface area contributed by atoms with Gasteiger partial charge in [0.15, 0.2) is 0 Å². The molecule has 0 unspecified atom stereocenters. The van der Waals surface area contributed by atoms with E-state index < -0.39 is 5.54 Å². The van der Waals surface area contributed by atoms with Crippen LogP contribution in [-0.4, -0.2) is 18.1 Å². The molecule has 0 spiro atoms. The predicted octanol–water partition coefficient (Wildman–Crippen LogP) is 3.43. The molecule has 4 heteroatoms. The van der Waals surface area contributed by atoms with E-state index in [0.29, 0.717) is 12.2 Å². The minimum Gasteiger partial charge on any atom is -0.494 e. The normalized spacial score (nSPS) is 17.3. The first-order chi connectivity index (χ1) is 10.2. The van der Waals surface area contributed by atoms with E-state index in [9.17, 15) is 10.1 Å². The van der Waals surface area contributed by atoms with Gasteiger partial charge in [-0.3, -0.25) is 4.79 Å². The molecular weight excluding hydrogens is 264 g/mol. The van der Waals surface area contributed by atoms with Gasteiger partial charge in [0, 0.05) is 5.56 Å². The Kier molecular flexibility index (Phi) is 5.21. The summed E-state index contributed by atoms with van der Waals surface area (Å²) in [5, 5.41) is 12.4. The molecule has 0 aromatic heterocycles. The first-order valence-electron chi connectivity index (χ1n) is 7.66.